The van der Waals surface area contributed by atoms with Gasteiger partial charge in [-0.3, -0.25) is 14.4 Å². The number of amides is 2. The van der Waals surface area contributed by atoms with E-state index in [0.29, 0.717) is 25.9 Å². The van der Waals surface area contributed by atoms with Gasteiger partial charge in [-0.05, 0) is 31.7 Å². The molecule has 8 heteroatoms. The number of thioether (sulfide) groups is 1. The number of unbranched alkanes of at least 4 members (excludes halogenated alkanes) is 1. The predicted octanol–water partition coefficient (Wildman–Crippen LogP) is 3.75. The van der Waals surface area contributed by atoms with Crippen LogP contribution in [0.4, 0.5) is 0 Å². The van der Waals surface area contributed by atoms with E-state index in [2.05, 4.69) is 20.1 Å². The third-order valence-electron chi connectivity index (χ3n) is 8.18. The van der Waals surface area contributed by atoms with Gasteiger partial charge in [0.2, 0.25) is 11.8 Å². The van der Waals surface area contributed by atoms with E-state index in [0.717, 1.165) is 18.4 Å². The first-order chi connectivity index (χ1) is 17.8. The lowest BCUT2D eigenvalue weighted by atomic mass is 9.66. The molecule has 3 fully saturated rings. The summed E-state index contributed by atoms with van der Waals surface area (Å²) in [6.07, 6.45) is 6.34. The second-order valence-corrected chi connectivity index (χ2v) is 12.3. The van der Waals surface area contributed by atoms with Crippen LogP contribution in [0.25, 0.3) is 0 Å². The highest BCUT2D eigenvalue weighted by Gasteiger charge is 2.78. The number of aliphatic hydroxyl groups excluding tert-OH is 1. The highest BCUT2D eigenvalue weighted by molar-refractivity contribution is 8.02. The van der Waals surface area contributed by atoms with Crippen LogP contribution in [0.15, 0.2) is 55.6 Å². The first-order valence-corrected chi connectivity index (χ1v) is 14.0. The molecule has 2 bridgehead atoms. The number of rotatable bonds is 12. The average molecular weight is 527 g/mol. The molecule has 3 heterocycles. The van der Waals surface area contributed by atoms with E-state index in [-0.39, 0.29) is 25.0 Å². The number of hydrogen-bond acceptors (Lipinski definition) is 6. The van der Waals surface area contributed by atoms with E-state index >= 15 is 0 Å². The second kappa shape index (κ2) is 11.0. The number of carbonyl (C=O) groups excluding carboxylic acids is 3. The van der Waals surface area contributed by atoms with Crippen LogP contribution < -0.4 is 0 Å². The molecule has 2 amide bonds. The molecule has 7 nitrogen and oxygen atoms in total. The summed E-state index contributed by atoms with van der Waals surface area (Å²) >= 11 is 1.60. The molecule has 0 aliphatic carbocycles. The van der Waals surface area contributed by atoms with Crippen molar-refractivity contribution in [1.82, 2.24) is 9.80 Å². The Balaban J connectivity index is 1.83. The maximum absolute atomic E-state index is 14.4. The zero-order valence-electron chi connectivity index (χ0n) is 21.8. The van der Waals surface area contributed by atoms with Crippen LogP contribution in [0.3, 0.4) is 0 Å². The third-order valence-corrected chi connectivity index (χ3v) is 10.2. The normalized spacial score (nSPS) is 30.6. The minimum absolute atomic E-state index is 0.0729. The third kappa shape index (κ3) is 4.52. The Bertz CT molecular complexity index is 1050. The van der Waals surface area contributed by atoms with E-state index in [1.807, 2.05) is 37.3 Å². The summed E-state index contributed by atoms with van der Waals surface area (Å²) < 4.78 is 4.22. The van der Waals surface area contributed by atoms with Crippen LogP contribution in [0.5, 0.6) is 0 Å². The molecule has 3 saturated heterocycles. The maximum Gasteiger partial charge on any atom is 0.311 e. The number of likely N-dealkylation sites (tertiary alicyclic amines) is 1. The van der Waals surface area contributed by atoms with Gasteiger partial charge < -0.3 is 19.6 Å². The zero-order valence-corrected chi connectivity index (χ0v) is 22.6. The van der Waals surface area contributed by atoms with Crippen molar-refractivity contribution in [3.8, 4) is 0 Å². The highest BCUT2D eigenvalue weighted by Crippen LogP contribution is 2.72. The van der Waals surface area contributed by atoms with Gasteiger partial charge in [0.25, 0.3) is 0 Å². The number of fused-ring (bicyclic) bond motifs is 1. The number of hydrogen-bond donors (Lipinski definition) is 1. The number of nitrogens with zero attached hydrogens (tertiary/aromatic N) is 2. The van der Waals surface area contributed by atoms with Crippen LogP contribution in [0.2, 0.25) is 0 Å². The van der Waals surface area contributed by atoms with Gasteiger partial charge in [0.15, 0.2) is 0 Å². The first kappa shape index (κ1) is 27.5. The number of benzene rings is 1. The fourth-order valence-corrected chi connectivity index (χ4v) is 8.89. The molecule has 0 saturated carbocycles. The monoisotopic (exact) mass is 526 g/mol. The maximum atomic E-state index is 14.4. The molecule has 1 aromatic carbocycles. The molecule has 3 aliphatic rings. The Morgan fingerprint density at radius 3 is 2.62 bits per heavy atom. The summed E-state index contributed by atoms with van der Waals surface area (Å²) in [6, 6.07) is 7.82. The van der Waals surface area contributed by atoms with E-state index in [4.69, 9.17) is 4.74 Å². The standard InChI is InChI=1S/C29H38N2O5S/c1-5-8-17-30(16-6-2)26(34)24-29-15-14-28(4,37-29)23(27(35)36-18-7-3)22(29)25(33)31(24)21(19-32)20-12-10-9-11-13-20/h6-7,9-13,21-24,32H,2-3,5,8,14-19H2,1,4H3/t21-,22+,23+,24?,28-,29?/m1/s1. The number of aliphatic hydroxyl groups is 1. The highest BCUT2D eigenvalue weighted by atomic mass is 32.2. The van der Waals surface area contributed by atoms with Crippen LogP contribution in [0.1, 0.15) is 51.1 Å². The van der Waals surface area contributed by atoms with Crippen LogP contribution >= 0.6 is 11.8 Å². The summed E-state index contributed by atoms with van der Waals surface area (Å²) in [5, 5.41) is 10.6. The second-order valence-electron chi connectivity index (χ2n) is 10.4. The smallest absolute Gasteiger partial charge is 0.311 e. The van der Waals surface area contributed by atoms with Crippen molar-refractivity contribution in [2.75, 3.05) is 26.3 Å². The lowest BCUT2D eigenvalue weighted by molar-refractivity contribution is -0.155. The molecular weight excluding hydrogens is 488 g/mol. The van der Waals surface area contributed by atoms with E-state index in [1.54, 1.807) is 27.6 Å². The van der Waals surface area contributed by atoms with Gasteiger partial charge in [0.1, 0.15) is 12.6 Å². The van der Waals surface area contributed by atoms with Crippen LogP contribution in [-0.2, 0) is 19.1 Å². The Morgan fingerprint density at radius 1 is 1.27 bits per heavy atom. The van der Waals surface area contributed by atoms with Gasteiger partial charge in [-0.2, -0.15) is 0 Å². The van der Waals surface area contributed by atoms with Gasteiger partial charge >= 0.3 is 5.97 Å². The molecule has 37 heavy (non-hydrogen) atoms. The topological polar surface area (TPSA) is 87.1 Å². The summed E-state index contributed by atoms with van der Waals surface area (Å²) in [5.74, 6) is -2.19. The van der Waals surface area contributed by atoms with Crippen molar-refractivity contribution < 1.29 is 24.2 Å². The summed E-state index contributed by atoms with van der Waals surface area (Å²) in [7, 11) is 0. The lowest BCUT2D eigenvalue weighted by Crippen LogP contribution is -2.55. The van der Waals surface area contributed by atoms with Crippen molar-refractivity contribution in [2.45, 2.75) is 61.1 Å². The number of esters is 1. The summed E-state index contributed by atoms with van der Waals surface area (Å²) in [4.78, 5) is 45.5. The average Bonchev–Trinajstić information content (AvgIpc) is 3.47. The molecule has 0 radical (unpaired) electrons. The number of carbonyl (C=O) groups is 3. The Labute approximate surface area is 223 Å². The van der Waals surface area contributed by atoms with Crippen molar-refractivity contribution in [3.05, 3.63) is 61.2 Å². The quantitative estimate of drug-likeness (QED) is 0.330. The lowest BCUT2D eigenvalue weighted by Gasteiger charge is -2.39. The molecule has 3 aliphatic heterocycles. The van der Waals surface area contributed by atoms with E-state index in [9.17, 15) is 19.5 Å². The van der Waals surface area contributed by atoms with Gasteiger partial charge in [-0.1, -0.05) is 62.4 Å². The number of ether oxygens (including phenoxy) is 1. The molecule has 4 rings (SSSR count). The molecule has 2 unspecified atom stereocenters. The fourth-order valence-electron chi connectivity index (χ4n) is 6.57. The van der Waals surface area contributed by atoms with Gasteiger partial charge in [0.05, 0.1) is 29.2 Å². The zero-order chi connectivity index (χ0) is 26.8. The van der Waals surface area contributed by atoms with Gasteiger partial charge in [-0.25, -0.2) is 0 Å². The first-order valence-electron chi connectivity index (χ1n) is 13.1. The largest absolute Gasteiger partial charge is 0.461 e. The minimum atomic E-state index is -0.803. The van der Waals surface area contributed by atoms with Crippen molar-refractivity contribution >= 4 is 29.5 Å². The van der Waals surface area contributed by atoms with E-state index in [1.165, 1.54) is 6.08 Å². The fraction of sp³-hybridized carbons (Fsp3) is 0.552. The van der Waals surface area contributed by atoms with Gasteiger partial charge in [-0.15, -0.1) is 18.3 Å². The SMILES string of the molecule is C=CCOC(=O)[C@@H]1[C@H]2C(=O)N([C@H](CO)c3ccccc3)C(C(=O)N(CC=C)CCCC)C23CC[C@@]1(C)S3. The molecule has 1 spiro atoms. The summed E-state index contributed by atoms with van der Waals surface area (Å²) in [5.41, 5.74) is 0.757. The Morgan fingerprint density at radius 2 is 2.00 bits per heavy atom. The van der Waals surface area contributed by atoms with Gasteiger partial charge in [0, 0.05) is 17.8 Å². The minimum Gasteiger partial charge on any atom is -0.461 e. The molecule has 1 aromatic rings. The van der Waals surface area contributed by atoms with Crippen molar-refractivity contribution in [2.24, 2.45) is 11.8 Å². The van der Waals surface area contributed by atoms with Crippen LogP contribution in [0, 0.1) is 11.8 Å². The van der Waals surface area contributed by atoms with Crippen LogP contribution in [-0.4, -0.2) is 74.5 Å². The van der Waals surface area contributed by atoms with E-state index < -0.39 is 39.4 Å². The summed E-state index contributed by atoms with van der Waals surface area (Å²) in [6.45, 7) is 12.3. The molecule has 0 aromatic heterocycles. The molecule has 6 atom stereocenters. The molecule has 1 N–H and O–H groups in total. The van der Waals surface area contributed by atoms with Crippen molar-refractivity contribution in [3.63, 3.8) is 0 Å². The predicted molar refractivity (Wildman–Crippen MR) is 145 cm³/mol. The van der Waals surface area contributed by atoms with Crippen molar-refractivity contribution in [1.29, 1.82) is 0 Å². The Hall–Kier alpha value is -2.58. The molecule has 200 valence electrons. The molecular formula is C29H38N2O5S. The Kier molecular flexibility index (Phi) is 8.19.